The van der Waals surface area contributed by atoms with Gasteiger partial charge >= 0.3 is 5.97 Å². The number of esters is 1. The Bertz CT molecular complexity index is 580. The zero-order chi connectivity index (χ0) is 17.4. The van der Waals surface area contributed by atoms with E-state index in [1.807, 2.05) is 6.08 Å². The normalized spacial score (nSPS) is 16.5. The van der Waals surface area contributed by atoms with Gasteiger partial charge in [0.2, 0.25) is 5.91 Å². The minimum absolute atomic E-state index is 0.00705. The van der Waals surface area contributed by atoms with Gasteiger partial charge < -0.3 is 14.4 Å². The van der Waals surface area contributed by atoms with Gasteiger partial charge in [0.05, 0.1) is 24.6 Å². The standard InChI is InChI=1S/C19H25NO4/c1-3-23-19(22)16-9-11-17(12-10-16)24-14-13-20(2)18(21)15-7-5-4-6-8-15/h5,7,9-12,15H,3-4,6,8,13-14H2,1-2H3. The Morgan fingerprint density at radius 2 is 2.00 bits per heavy atom. The molecule has 1 unspecified atom stereocenters. The molecule has 0 aliphatic heterocycles. The van der Waals surface area contributed by atoms with Crippen molar-refractivity contribution in [1.29, 1.82) is 0 Å². The zero-order valence-corrected chi connectivity index (χ0v) is 14.4. The second-order valence-corrected chi connectivity index (χ2v) is 5.82. The van der Waals surface area contributed by atoms with Gasteiger partial charge in [-0.15, -0.1) is 0 Å². The number of likely N-dealkylation sites (N-methyl/N-ethyl adjacent to an activating group) is 1. The van der Waals surface area contributed by atoms with E-state index in [0.717, 1.165) is 19.3 Å². The third-order valence-corrected chi connectivity index (χ3v) is 4.01. The Hall–Kier alpha value is -2.30. The van der Waals surface area contributed by atoms with Gasteiger partial charge in [-0.05, 0) is 50.5 Å². The highest BCUT2D eigenvalue weighted by atomic mass is 16.5. The molecule has 5 nitrogen and oxygen atoms in total. The fraction of sp³-hybridized carbons (Fsp3) is 0.474. The largest absolute Gasteiger partial charge is 0.492 e. The van der Waals surface area contributed by atoms with Crippen molar-refractivity contribution in [3.05, 3.63) is 42.0 Å². The topological polar surface area (TPSA) is 55.8 Å². The van der Waals surface area contributed by atoms with Crippen molar-refractivity contribution in [2.45, 2.75) is 26.2 Å². The molecule has 0 saturated heterocycles. The van der Waals surface area contributed by atoms with E-state index < -0.39 is 0 Å². The van der Waals surface area contributed by atoms with Crippen LogP contribution in [0.5, 0.6) is 5.75 Å². The van der Waals surface area contributed by atoms with E-state index in [4.69, 9.17) is 9.47 Å². The van der Waals surface area contributed by atoms with Gasteiger partial charge in [-0.2, -0.15) is 0 Å². The summed E-state index contributed by atoms with van der Waals surface area (Å²) in [7, 11) is 1.80. The maximum Gasteiger partial charge on any atom is 0.338 e. The molecule has 24 heavy (non-hydrogen) atoms. The molecule has 0 heterocycles. The van der Waals surface area contributed by atoms with Crippen molar-refractivity contribution in [1.82, 2.24) is 4.90 Å². The molecule has 1 aromatic rings. The molecule has 1 aliphatic carbocycles. The summed E-state index contributed by atoms with van der Waals surface area (Å²) in [6.07, 6.45) is 7.16. The van der Waals surface area contributed by atoms with Crippen molar-refractivity contribution in [2.75, 3.05) is 26.8 Å². The Labute approximate surface area is 143 Å². The fourth-order valence-electron chi connectivity index (χ4n) is 2.61. The van der Waals surface area contributed by atoms with Crippen molar-refractivity contribution < 1.29 is 19.1 Å². The van der Waals surface area contributed by atoms with Gasteiger partial charge in [-0.3, -0.25) is 4.79 Å². The second kappa shape index (κ2) is 9.11. The van der Waals surface area contributed by atoms with Crippen LogP contribution in [0.3, 0.4) is 0 Å². The predicted octanol–water partition coefficient (Wildman–Crippen LogP) is 3.06. The highest BCUT2D eigenvalue weighted by Crippen LogP contribution is 2.19. The molecule has 0 aromatic heterocycles. The van der Waals surface area contributed by atoms with E-state index in [1.54, 1.807) is 43.1 Å². The van der Waals surface area contributed by atoms with E-state index in [1.165, 1.54) is 0 Å². The average molecular weight is 331 g/mol. The molecule has 0 fully saturated rings. The van der Waals surface area contributed by atoms with E-state index in [9.17, 15) is 9.59 Å². The Balaban J connectivity index is 1.77. The van der Waals surface area contributed by atoms with Crippen molar-refractivity contribution in [2.24, 2.45) is 5.92 Å². The van der Waals surface area contributed by atoms with Crippen LogP contribution in [0, 0.1) is 5.92 Å². The average Bonchev–Trinajstić information content (AvgIpc) is 2.62. The summed E-state index contributed by atoms with van der Waals surface area (Å²) in [5.74, 6) is 0.483. The smallest absolute Gasteiger partial charge is 0.338 e. The Morgan fingerprint density at radius 1 is 1.25 bits per heavy atom. The number of carbonyl (C=O) groups is 2. The number of hydrogen-bond acceptors (Lipinski definition) is 4. The summed E-state index contributed by atoms with van der Waals surface area (Å²) >= 11 is 0. The molecule has 0 bridgehead atoms. The van der Waals surface area contributed by atoms with Crippen LogP contribution in [0.25, 0.3) is 0 Å². The fourth-order valence-corrected chi connectivity index (χ4v) is 2.61. The third kappa shape index (κ3) is 5.11. The first-order chi connectivity index (χ1) is 11.6. The number of hydrogen-bond donors (Lipinski definition) is 0. The minimum atomic E-state index is -0.338. The SMILES string of the molecule is CCOC(=O)c1ccc(OCCN(C)C(=O)C2C=CCCC2)cc1. The summed E-state index contributed by atoms with van der Waals surface area (Å²) in [6, 6.07) is 6.82. The van der Waals surface area contributed by atoms with Crippen LogP contribution >= 0.6 is 0 Å². The van der Waals surface area contributed by atoms with Gasteiger partial charge in [0, 0.05) is 7.05 Å². The summed E-state index contributed by atoms with van der Waals surface area (Å²) in [6.45, 7) is 3.07. The number of rotatable bonds is 7. The Morgan fingerprint density at radius 3 is 2.62 bits per heavy atom. The molecule has 1 aliphatic rings. The van der Waals surface area contributed by atoms with Crippen LogP contribution in [-0.4, -0.2) is 43.6 Å². The Kier molecular flexibility index (Phi) is 6.85. The predicted molar refractivity (Wildman–Crippen MR) is 92.0 cm³/mol. The van der Waals surface area contributed by atoms with Crippen LogP contribution in [0.4, 0.5) is 0 Å². The van der Waals surface area contributed by atoms with Crippen LogP contribution in [0.15, 0.2) is 36.4 Å². The molecule has 5 heteroatoms. The number of amides is 1. The molecule has 2 rings (SSSR count). The van der Waals surface area contributed by atoms with Crippen molar-refractivity contribution >= 4 is 11.9 Å². The first-order valence-electron chi connectivity index (χ1n) is 8.43. The molecule has 0 saturated carbocycles. The molecule has 1 atom stereocenters. The quantitative estimate of drug-likeness (QED) is 0.569. The number of ether oxygens (including phenoxy) is 2. The van der Waals surface area contributed by atoms with Gasteiger partial charge in [-0.25, -0.2) is 4.79 Å². The van der Waals surface area contributed by atoms with Crippen molar-refractivity contribution in [3.63, 3.8) is 0 Å². The summed E-state index contributed by atoms with van der Waals surface area (Å²) in [5, 5.41) is 0. The minimum Gasteiger partial charge on any atom is -0.492 e. The first kappa shape index (κ1) is 18.0. The number of allylic oxidation sites excluding steroid dienone is 1. The maximum atomic E-state index is 12.3. The number of carbonyl (C=O) groups excluding carboxylic acids is 2. The van der Waals surface area contributed by atoms with Gasteiger partial charge in [-0.1, -0.05) is 12.2 Å². The molecule has 0 spiro atoms. The van der Waals surface area contributed by atoms with Crippen LogP contribution < -0.4 is 4.74 Å². The van der Waals surface area contributed by atoms with E-state index in [-0.39, 0.29) is 17.8 Å². The lowest BCUT2D eigenvalue weighted by Crippen LogP contribution is -2.35. The highest BCUT2D eigenvalue weighted by Gasteiger charge is 2.20. The third-order valence-electron chi connectivity index (χ3n) is 4.01. The van der Waals surface area contributed by atoms with Crippen molar-refractivity contribution in [3.8, 4) is 5.75 Å². The second-order valence-electron chi connectivity index (χ2n) is 5.82. The van der Waals surface area contributed by atoms with E-state index in [0.29, 0.717) is 31.1 Å². The van der Waals surface area contributed by atoms with Gasteiger partial charge in [0.1, 0.15) is 12.4 Å². The van der Waals surface area contributed by atoms with E-state index >= 15 is 0 Å². The molecule has 1 amide bonds. The molecule has 0 radical (unpaired) electrons. The number of nitrogens with zero attached hydrogens (tertiary/aromatic N) is 1. The van der Waals surface area contributed by atoms with Gasteiger partial charge in [0.25, 0.3) is 0 Å². The lowest BCUT2D eigenvalue weighted by molar-refractivity contribution is -0.133. The number of benzene rings is 1. The van der Waals surface area contributed by atoms with Gasteiger partial charge in [0.15, 0.2) is 0 Å². The first-order valence-corrected chi connectivity index (χ1v) is 8.43. The molecular formula is C19H25NO4. The van der Waals surface area contributed by atoms with Crippen LogP contribution in [0.2, 0.25) is 0 Å². The summed E-state index contributed by atoms with van der Waals surface area (Å²) < 4.78 is 10.6. The summed E-state index contributed by atoms with van der Waals surface area (Å²) in [5.41, 5.74) is 0.501. The van der Waals surface area contributed by atoms with Crippen LogP contribution in [0.1, 0.15) is 36.5 Å². The van der Waals surface area contributed by atoms with Crippen LogP contribution in [-0.2, 0) is 9.53 Å². The lowest BCUT2D eigenvalue weighted by atomic mass is 9.95. The highest BCUT2D eigenvalue weighted by molar-refractivity contribution is 5.89. The molecule has 1 aromatic carbocycles. The molecular weight excluding hydrogens is 306 g/mol. The zero-order valence-electron chi connectivity index (χ0n) is 14.4. The summed E-state index contributed by atoms with van der Waals surface area (Å²) in [4.78, 5) is 25.6. The molecule has 130 valence electrons. The molecule has 0 N–H and O–H groups in total. The van der Waals surface area contributed by atoms with E-state index in [2.05, 4.69) is 6.08 Å². The monoisotopic (exact) mass is 331 g/mol. The lowest BCUT2D eigenvalue weighted by Gasteiger charge is -2.23. The maximum absolute atomic E-state index is 12.3.